The van der Waals surface area contributed by atoms with Crippen LogP contribution in [0.4, 0.5) is 0 Å². The van der Waals surface area contributed by atoms with E-state index in [1.54, 1.807) is 0 Å². The Bertz CT molecular complexity index is 815. The van der Waals surface area contributed by atoms with E-state index < -0.39 is 0 Å². The largest absolute Gasteiger partial charge is 0.484 e. The molecule has 1 aromatic heterocycles. The molecule has 1 N–H and O–H groups in total. The Morgan fingerprint density at radius 3 is 2.58 bits per heavy atom. The van der Waals surface area contributed by atoms with Crippen LogP contribution in [-0.4, -0.2) is 40.5 Å². The number of fused-ring (bicyclic) bond motifs is 1. The van der Waals surface area contributed by atoms with Crippen LogP contribution in [0.25, 0.3) is 22.4 Å². The fraction of sp³-hybridized carbons (Fsp3) is 0.263. The van der Waals surface area contributed by atoms with Crippen LogP contribution in [-0.2, 0) is 4.79 Å². The van der Waals surface area contributed by atoms with Gasteiger partial charge in [0.15, 0.2) is 6.61 Å². The minimum absolute atomic E-state index is 0.0638. The number of carbonyl (C=O) groups is 1. The Morgan fingerprint density at radius 1 is 1.08 bits per heavy atom. The van der Waals surface area contributed by atoms with Crippen LogP contribution in [0.1, 0.15) is 12.8 Å². The number of nitrogens with one attached hydrogen (secondary N) is 1. The van der Waals surface area contributed by atoms with Crippen molar-refractivity contribution in [2.45, 2.75) is 12.8 Å². The number of ether oxygens (including phenoxy) is 1. The lowest BCUT2D eigenvalue weighted by atomic mass is 10.2. The first-order chi connectivity index (χ1) is 11.8. The van der Waals surface area contributed by atoms with E-state index in [0.717, 1.165) is 48.4 Å². The molecule has 1 saturated heterocycles. The number of hydrogen-bond acceptors (Lipinski definition) is 3. The van der Waals surface area contributed by atoms with Crippen LogP contribution in [0, 0.1) is 0 Å². The summed E-state index contributed by atoms with van der Waals surface area (Å²) in [4.78, 5) is 21.7. The highest BCUT2D eigenvalue weighted by Gasteiger charge is 2.18. The van der Waals surface area contributed by atoms with Gasteiger partial charge in [0.1, 0.15) is 11.6 Å². The number of para-hydroxylation sites is 2. The van der Waals surface area contributed by atoms with Crippen molar-refractivity contribution in [3.63, 3.8) is 0 Å². The zero-order valence-corrected chi connectivity index (χ0v) is 13.4. The minimum Gasteiger partial charge on any atom is -0.484 e. The average molecular weight is 321 g/mol. The molecule has 1 fully saturated rings. The smallest absolute Gasteiger partial charge is 0.260 e. The molecule has 1 amide bonds. The summed E-state index contributed by atoms with van der Waals surface area (Å²) in [6.45, 7) is 1.81. The van der Waals surface area contributed by atoms with Gasteiger partial charge in [-0.05, 0) is 49.2 Å². The maximum atomic E-state index is 12.0. The molecule has 0 bridgehead atoms. The van der Waals surface area contributed by atoms with Gasteiger partial charge < -0.3 is 14.6 Å². The molecule has 3 aromatic rings. The lowest BCUT2D eigenvalue weighted by molar-refractivity contribution is -0.132. The van der Waals surface area contributed by atoms with Gasteiger partial charge in [0.25, 0.3) is 5.91 Å². The summed E-state index contributed by atoms with van der Waals surface area (Å²) in [6, 6.07) is 15.6. The third-order valence-electron chi connectivity index (χ3n) is 4.34. The molecular formula is C19H19N3O2. The van der Waals surface area contributed by atoms with Gasteiger partial charge >= 0.3 is 0 Å². The molecule has 0 radical (unpaired) electrons. The van der Waals surface area contributed by atoms with Gasteiger partial charge in [0.2, 0.25) is 0 Å². The van der Waals surface area contributed by atoms with Crippen molar-refractivity contribution in [2.24, 2.45) is 0 Å². The molecule has 1 aliphatic heterocycles. The monoisotopic (exact) mass is 321 g/mol. The Kier molecular flexibility index (Phi) is 3.91. The van der Waals surface area contributed by atoms with Gasteiger partial charge in [-0.25, -0.2) is 4.98 Å². The maximum Gasteiger partial charge on any atom is 0.260 e. The number of amides is 1. The lowest BCUT2D eigenvalue weighted by Crippen LogP contribution is -2.32. The Hall–Kier alpha value is -2.82. The number of aromatic nitrogens is 2. The van der Waals surface area contributed by atoms with E-state index in [-0.39, 0.29) is 12.5 Å². The fourth-order valence-corrected chi connectivity index (χ4v) is 3.00. The van der Waals surface area contributed by atoms with Crippen LogP contribution in [0.15, 0.2) is 48.5 Å². The van der Waals surface area contributed by atoms with E-state index in [2.05, 4.69) is 9.97 Å². The Labute approximate surface area is 140 Å². The average Bonchev–Trinajstić information content (AvgIpc) is 3.29. The second-order valence-corrected chi connectivity index (χ2v) is 6.00. The SMILES string of the molecule is O=C(COc1ccc(-c2nc3ccccc3[nH]2)cc1)N1CCCC1. The topological polar surface area (TPSA) is 58.2 Å². The molecule has 0 aliphatic carbocycles. The van der Waals surface area contributed by atoms with Crippen molar-refractivity contribution in [2.75, 3.05) is 19.7 Å². The summed E-state index contributed by atoms with van der Waals surface area (Å²) in [7, 11) is 0. The first-order valence-electron chi connectivity index (χ1n) is 8.25. The molecule has 2 aromatic carbocycles. The van der Waals surface area contributed by atoms with Crippen LogP contribution >= 0.6 is 0 Å². The molecule has 5 nitrogen and oxygen atoms in total. The summed E-state index contributed by atoms with van der Waals surface area (Å²) < 4.78 is 5.61. The van der Waals surface area contributed by atoms with Gasteiger partial charge in [0.05, 0.1) is 11.0 Å². The number of nitrogens with zero attached hydrogens (tertiary/aromatic N) is 2. The number of imidazole rings is 1. The second-order valence-electron chi connectivity index (χ2n) is 6.00. The predicted octanol–water partition coefficient (Wildman–Crippen LogP) is 3.23. The molecule has 122 valence electrons. The van der Waals surface area contributed by atoms with E-state index in [0.29, 0.717) is 5.75 Å². The van der Waals surface area contributed by atoms with Crippen molar-refractivity contribution in [1.29, 1.82) is 0 Å². The normalized spacial score (nSPS) is 14.2. The van der Waals surface area contributed by atoms with E-state index >= 15 is 0 Å². The van der Waals surface area contributed by atoms with Crippen LogP contribution in [0.5, 0.6) is 5.75 Å². The highest BCUT2D eigenvalue weighted by Crippen LogP contribution is 2.23. The van der Waals surface area contributed by atoms with Gasteiger partial charge in [0, 0.05) is 18.7 Å². The van der Waals surface area contributed by atoms with Crippen LogP contribution in [0.3, 0.4) is 0 Å². The second kappa shape index (κ2) is 6.35. The van der Waals surface area contributed by atoms with Crippen molar-refractivity contribution in [3.05, 3.63) is 48.5 Å². The predicted molar refractivity (Wildman–Crippen MR) is 92.8 cm³/mol. The summed E-state index contributed by atoms with van der Waals surface area (Å²) in [5.74, 6) is 1.59. The Morgan fingerprint density at radius 2 is 1.83 bits per heavy atom. The molecular weight excluding hydrogens is 302 g/mol. The van der Waals surface area contributed by atoms with Gasteiger partial charge in [-0.1, -0.05) is 12.1 Å². The molecule has 4 rings (SSSR count). The molecule has 0 atom stereocenters. The number of aromatic amines is 1. The molecule has 0 unspecified atom stereocenters. The standard InChI is InChI=1S/C19H19N3O2/c23-18(22-11-3-4-12-22)13-24-15-9-7-14(8-10-15)19-20-16-5-1-2-6-17(16)21-19/h1-2,5-10H,3-4,11-13H2,(H,20,21). The molecule has 5 heteroatoms. The van der Waals surface area contributed by atoms with Crippen LogP contribution in [0.2, 0.25) is 0 Å². The molecule has 1 aliphatic rings. The number of rotatable bonds is 4. The van der Waals surface area contributed by atoms with E-state index in [9.17, 15) is 4.79 Å². The molecule has 24 heavy (non-hydrogen) atoms. The van der Waals surface area contributed by atoms with Crippen molar-refractivity contribution >= 4 is 16.9 Å². The first-order valence-corrected chi connectivity index (χ1v) is 8.25. The van der Waals surface area contributed by atoms with E-state index in [1.165, 1.54) is 0 Å². The first kappa shape index (κ1) is 14.8. The summed E-state index contributed by atoms with van der Waals surface area (Å²) in [5.41, 5.74) is 2.96. The lowest BCUT2D eigenvalue weighted by Gasteiger charge is -2.15. The number of hydrogen-bond donors (Lipinski definition) is 1. The van der Waals surface area contributed by atoms with Gasteiger partial charge in [-0.15, -0.1) is 0 Å². The van der Waals surface area contributed by atoms with Crippen LogP contribution < -0.4 is 4.74 Å². The van der Waals surface area contributed by atoms with E-state index in [4.69, 9.17) is 4.74 Å². The third kappa shape index (κ3) is 2.97. The third-order valence-corrected chi connectivity index (χ3v) is 4.34. The summed E-state index contributed by atoms with van der Waals surface area (Å²) in [6.07, 6.45) is 2.19. The fourth-order valence-electron chi connectivity index (χ4n) is 3.00. The number of likely N-dealkylation sites (tertiary alicyclic amines) is 1. The highest BCUT2D eigenvalue weighted by molar-refractivity contribution is 5.79. The summed E-state index contributed by atoms with van der Waals surface area (Å²) >= 11 is 0. The van der Waals surface area contributed by atoms with Crippen molar-refractivity contribution in [3.8, 4) is 17.1 Å². The number of benzene rings is 2. The maximum absolute atomic E-state index is 12.0. The van der Waals surface area contributed by atoms with E-state index in [1.807, 2.05) is 53.4 Å². The Balaban J connectivity index is 1.43. The molecule has 0 spiro atoms. The minimum atomic E-state index is 0.0638. The van der Waals surface area contributed by atoms with Gasteiger partial charge in [-0.3, -0.25) is 4.79 Å². The zero-order chi connectivity index (χ0) is 16.4. The number of H-pyrrole nitrogens is 1. The quantitative estimate of drug-likeness (QED) is 0.802. The number of carbonyl (C=O) groups excluding carboxylic acids is 1. The highest BCUT2D eigenvalue weighted by atomic mass is 16.5. The van der Waals surface area contributed by atoms with Gasteiger partial charge in [-0.2, -0.15) is 0 Å². The molecule has 2 heterocycles. The zero-order valence-electron chi connectivity index (χ0n) is 13.4. The van der Waals surface area contributed by atoms with Crippen molar-refractivity contribution < 1.29 is 9.53 Å². The molecule has 0 saturated carbocycles. The van der Waals surface area contributed by atoms with Crippen molar-refractivity contribution in [1.82, 2.24) is 14.9 Å². The summed E-state index contributed by atoms with van der Waals surface area (Å²) in [5, 5.41) is 0.